The van der Waals surface area contributed by atoms with Crippen LogP contribution in [0.5, 0.6) is 0 Å². The summed E-state index contributed by atoms with van der Waals surface area (Å²) in [5, 5.41) is 8.06. The molecule has 4 saturated carbocycles. The summed E-state index contributed by atoms with van der Waals surface area (Å²) in [7, 11) is 1.65. The van der Waals surface area contributed by atoms with Gasteiger partial charge in [0.25, 0.3) is 5.91 Å². The molecule has 4 aliphatic carbocycles. The normalized spacial score (nSPS) is 30.5. The molecule has 28 heavy (non-hydrogen) atoms. The first-order valence-electron chi connectivity index (χ1n) is 10.6. The van der Waals surface area contributed by atoms with E-state index >= 15 is 0 Å². The molecule has 0 spiro atoms. The maximum Gasteiger partial charge on any atom is 0.254 e. The SMILES string of the molecule is COCCNC(=O)c1cn(-c2ccccc2)nc1C12CC3CC(CC(C3)C1)C2. The van der Waals surface area contributed by atoms with Crippen molar-refractivity contribution < 1.29 is 9.53 Å². The van der Waals surface area contributed by atoms with Crippen LogP contribution in [-0.4, -0.2) is 35.9 Å². The molecule has 1 N–H and O–H groups in total. The lowest BCUT2D eigenvalue weighted by atomic mass is 9.48. The van der Waals surface area contributed by atoms with Crippen LogP contribution in [0.25, 0.3) is 5.69 Å². The Balaban J connectivity index is 1.54. The highest BCUT2D eigenvalue weighted by atomic mass is 16.5. The Morgan fingerprint density at radius 2 is 1.79 bits per heavy atom. The van der Waals surface area contributed by atoms with Crippen LogP contribution >= 0.6 is 0 Å². The Kier molecular flexibility index (Phi) is 4.50. The lowest BCUT2D eigenvalue weighted by Gasteiger charge is -2.56. The number of methoxy groups -OCH3 is 1. The predicted octanol–water partition coefficient (Wildman–Crippen LogP) is 3.72. The third-order valence-corrected chi connectivity index (χ3v) is 7.11. The van der Waals surface area contributed by atoms with Gasteiger partial charge < -0.3 is 10.1 Å². The third-order valence-electron chi connectivity index (χ3n) is 7.11. The lowest BCUT2D eigenvalue weighted by molar-refractivity contribution is -0.00770. The molecule has 1 heterocycles. The summed E-state index contributed by atoms with van der Waals surface area (Å²) in [6.45, 7) is 1.04. The molecule has 4 fully saturated rings. The molecule has 5 heteroatoms. The van der Waals surface area contributed by atoms with Gasteiger partial charge in [-0.1, -0.05) is 18.2 Å². The number of ether oxygens (including phenoxy) is 1. The number of aromatic nitrogens is 2. The fraction of sp³-hybridized carbons (Fsp3) is 0.565. The standard InChI is InChI=1S/C23H29N3O2/c1-28-8-7-24-22(27)20-15-26(19-5-3-2-4-6-19)25-21(20)23-12-16-9-17(13-23)11-18(10-16)14-23/h2-6,15-18H,7-14H2,1H3,(H,24,27). The Morgan fingerprint density at radius 3 is 2.39 bits per heavy atom. The number of rotatable bonds is 6. The summed E-state index contributed by atoms with van der Waals surface area (Å²) in [4.78, 5) is 13.1. The highest BCUT2D eigenvalue weighted by Crippen LogP contribution is 2.60. The number of amides is 1. The number of nitrogens with one attached hydrogen (secondary N) is 1. The summed E-state index contributed by atoms with van der Waals surface area (Å²) >= 11 is 0. The molecule has 148 valence electrons. The molecule has 5 nitrogen and oxygen atoms in total. The van der Waals surface area contributed by atoms with Crippen molar-refractivity contribution in [2.24, 2.45) is 17.8 Å². The third kappa shape index (κ3) is 3.06. The van der Waals surface area contributed by atoms with Gasteiger partial charge in [0.15, 0.2) is 0 Å². The first kappa shape index (κ1) is 17.9. The minimum absolute atomic E-state index is 0.0232. The van der Waals surface area contributed by atoms with Crippen LogP contribution in [0.2, 0.25) is 0 Å². The van der Waals surface area contributed by atoms with E-state index in [1.54, 1.807) is 7.11 Å². The molecule has 1 amide bonds. The number of hydrogen-bond acceptors (Lipinski definition) is 3. The number of hydrogen-bond donors (Lipinski definition) is 1. The van der Waals surface area contributed by atoms with Crippen molar-refractivity contribution in [3.05, 3.63) is 47.8 Å². The van der Waals surface area contributed by atoms with E-state index in [2.05, 4.69) is 5.32 Å². The zero-order valence-corrected chi connectivity index (χ0v) is 16.6. The maximum atomic E-state index is 13.1. The number of nitrogens with zero attached hydrogens (tertiary/aromatic N) is 2. The van der Waals surface area contributed by atoms with Gasteiger partial charge in [0.1, 0.15) is 0 Å². The summed E-state index contributed by atoms with van der Waals surface area (Å²) in [5.41, 5.74) is 2.87. The minimum Gasteiger partial charge on any atom is -0.383 e. The number of benzene rings is 1. The van der Waals surface area contributed by atoms with E-state index in [1.165, 1.54) is 38.5 Å². The molecular weight excluding hydrogens is 350 g/mol. The van der Waals surface area contributed by atoms with Gasteiger partial charge in [0.2, 0.25) is 0 Å². The fourth-order valence-corrected chi connectivity index (χ4v) is 6.41. The second kappa shape index (κ2) is 7.03. The van der Waals surface area contributed by atoms with Crippen molar-refractivity contribution in [1.29, 1.82) is 0 Å². The molecule has 0 unspecified atom stereocenters. The molecule has 0 saturated heterocycles. The highest BCUT2D eigenvalue weighted by molar-refractivity contribution is 5.95. The lowest BCUT2D eigenvalue weighted by Crippen LogP contribution is -2.49. The van der Waals surface area contributed by atoms with Crippen LogP contribution in [-0.2, 0) is 10.2 Å². The van der Waals surface area contributed by atoms with Gasteiger partial charge in [-0.2, -0.15) is 5.10 Å². The van der Waals surface area contributed by atoms with Crippen molar-refractivity contribution in [2.75, 3.05) is 20.3 Å². The van der Waals surface area contributed by atoms with E-state index in [0.717, 1.165) is 34.7 Å². The van der Waals surface area contributed by atoms with E-state index < -0.39 is 0 Å². The minimum atomic E-state index is -0.0232. The molecule has 0 atom stereocenters. The van der Waals surface area contributed by atoms with Gasteiger partial charge in [-0.25, -0.2) is 4.68 Å². The van der Waals surface area contributed by atoms with E-state index in [0.29, 0.717) is 13.2 Å². The first-order chi connectivity index (χ1) is 13.7. The van der Waals surface area contributed by atoms with Crippen LogP contribution < -0.4 is 5.32 Å². The Hall–Kier alpha value is -2.14. The number of carbonyl (C=O) groups is 1. The molecular formula is C23H29N3O2. The van der Waals surface area contributed by atoms with Crippen LogP contribution in [0.3, 0.4) is 0 Å². The van der Waals surface area contributed by atoms with Crippen LogP contribution in [0.1, 0.15) is 54.6 Å². The van der Waals surface area contributed by atoms with E-state index in [4.69, 9.17) is 9.84 Å². The molecule has 4 bridgehead atoms. The van der Waals surface area contributed by atoms with Crippen molar-refractivity contribution in [2.45, 2.75) is 43.9 Å². The zero-order chi connectivity index (χ0) is 19.1. The monoisotopic (exact) mass is 379 g/mol. The smallest absolute Gasteiger partial charge is 0.254 e. The highest BCUT2D eigenvalue weighted by Gasteiger charge is 2.53. The number of carbonyl (C=O) groups excluding carboxylic acids is 1. The summed E-state index contributed by atoms with van der Waals surface area (Å²) in [5.74, 6) is 2.43. The molecule has 0 aliphatic heterocycles. The molecule has 2 aromatic rings. The molecule has 4 aliphatic rings. The van der Waals surface area contributed by atoms with Crippen molar-refractivity contribution in [1.82, 2.24) is 15.1 Å². The Morgan fingerprint density at radius 1 is 1.14 bits per heavy atom. The first-order valence-corrected chi connectivity index (χ1v) is 10.6. The average molecular weight is 380 g/mol. The van der Waals surface area contributed by atoms with Gasteiger partial charge in [-0.3, -0.25) is 4.79 Å². The molecule has 1 aromatic carbocycles. The topological polar surface area (TPSA) is 56.1 Å². The summed E-state index contributed by atoms with van der Waals surface area (Å²) < 4.78 is 7.00. The quantitative estimate of drug-likeness (QED) is 0.779. The van der Waals surface area contributed by atoms with E-state index in [-0.39, 0.29) is 11.3 Å². The van der Waals surface area contributed by atoms with Gasteiger partial charge in [0, 0.05) is 25.3 Å². The average Bonchev–Trinajstić information content (AvgIpc) is 3.14. The van der Waals surface area contributed by atoms with Gasteiger partial charge in [-0.15, -0.1) is 0 Å². The van der Waals surface area contributed by atoms with Gasteiger partial charge in [0.05, 0.1) is 23.6 Å². The largest absolute Gasteiger partial charge is 0.383 e. The van der Waals surface area contributed by atoms with Crippen LogP contribution in [0, 0.1) is 17.8 Å². The maximum absolute atomic E-state index is 13.1. The van der Waals surface area contributed by atoms with Crippen LogP contribution in [0.15, 0.2) is 36.5 Å². The van der Waals surface area contributed by atoms with Gasteiger partial charge in [-0.05, 0) is 68.4 Å². The van der Waals surface area contributed by atoms with Crippen LogP contribution in [0.4, 0.5) is 0 Å². The molecule has 0 radical (unpaired) electrons. The Bertz CT molecular complexity index is 823. The fourth-order valence-electron chi connectivity index (χ4n) is 6.41. The predicted molar refractivity (Wildman–Crippen MR) is 108 cm³/mol. The van der Waals surface area contributed by atoms with Crippen molar-refractivity contribution in [3.63, 3.8) is 0 Å². The second-order valence-electron chi connectivity index (χ2n) is 9.12. The summed E-state index contributed by atoms with van der Waals surface area (Å²) in [6, 6.07) is 10.1. The molecule has 6 rings (SSSR count). The molecule has 1 aromatic heterocycles. The zero-order valence-electron chi connectivity index (χ0n) is 16.6. The Labute approximate surface area is 166 Å². The van der Waals surface area contributed by atoms with E-state index in [9.17, 15) is 4.79 Å². The number of para-hydroxylation sites is 1. The van der Waals surface area contributed by atoms with Crippen molar-refractivity contribution >= 4 is 5.91 Å². The summed E-state index contributed by atoms with van der Waals surface area (Å²) in [6.07, 6.45) is 9.68. The van der Waals surface area contributed by atoms with E-state index in [1.807, 2.05) is 41.2 Å². The second-order valence-corrected chi connectivity index (χ2v) is 9.12. The van der Waals surface area contributed by atoms with Gasteiger partial charge >= 0.3 is 0 Å². The van der Waals surface area contributed by atoms with Crippen molar-refractivity contribution in [3.8, 4) is 5.69 Å².